The number of rotatable bonds is 2. The first-order chi connectivity index (χ1) is 3.72. The Morgan fingerprint density at radius 3 is 2.25 bits per heavy atom. The SMILES string of the molecule is CCC(=O)C(=O)SS. The monoisotopic (exact) mass is 150 g/mol. The minimum atomic E-state index is -0.476. The van der Waals surface area contributed by atoms with E-state index >= 15 is 0 Å². The summed E-state index contributed by atoms with van der Waals surface area (Å²) in [6, 6.07) is 0. The van der Waals surface area contributed by atoms with Gasteiger partial charge in [0, 0.05) is 6.42 Å². The molecule has 0 aromatic carbocycles. The molecule has 2 nitrogen and oxygen atoms in total. The van der Waals surface area contributed by atoms with Crippen LogP contribution in [0.2, 0.25) is 0 Å². The van der Waals surface area contributed by atoms with Gasteiger partial charge in [0.1, 0.15) is 0 Å². The van der Waals surface area contributed by atoms with E-state index in [2.05, 4.69) is 11.7 Å². The predicted molar refractivity (Wildman–Crippen MR) is 36.9 cm³/mol. The van der Waals surface area contributed by atoms with Gasteiger partial charge >= 0.3 is 0 Å². The van der Waals surface area contributed by atoms with E-state index in [1.54, 1.807) is 6.92 Å². The Hall–Kier alpha value is 0.0400. The minimum absolute atomic E-state index is 0.270. The highest BCUT2D eigenvalue weighted by Gasteiger charge is 2.07. The van der Waals surface area contributed by atoms with Crippen molar-refractivity contribution in [2.75, 3.05) is 0 Å². The van der Waals surface area contributed by atoms with Crippen LogP contribution in [0.1, 0.15) is 13.3 Å². The van der Waals surface area contributed by atoms with Gasteiger partial charge in [0.2, 0.25) is 5.78 Å². The van der Waals surface area contributed by atoms with Crippen LogP contribution in [0.25, 0.3) is 0 Å². The quantitative estimate of drug-likeness (QED) is 0.363. The van der Waals surface area contributed by atoms with E-state index in [1.807, 2.05) is 0 Å². The van der Waals surface area contributed by atoms with Crippen LogP contribution in [0.4, 0.5) is 0 Å². The summed E-state index contributed by atoms with van der Waals surface area (Å²) in [7, 11) is 0.663. The lowest BCUT2D eigenvalue weighted by molar-refractivity contribution is -0.131. The van der Waals surface area contributed by atoms with E-state index in [9.17, 15) is 9.59 Å². The Labute approximate surface area is 56.8 Å². The first-order valence-electron chi connectivity index (χ1n) is 2.11. The van der Waals surface area contributed by atoms with Gasteiger partial charge < -0.3 is 0 Å². The average Bonchev–Trinajstić information content (AvgIpc) is 1.84. The summed E-state index contributed by atoms with van der Waals surface area (Å²) < 4.78 is 0. The van der Waals surface area contributed by atoms with Crippen molar-refractivity contribution < 1.29 is 9.59 Å². The minimum Gasteiger partial charge on any atom is -0.290 e. The lowest BCUT2D eigenvalue weighted by atomic mass is 10.3. The fourth-order valence-electron chi connectivity index (χ4n) is 0.195. The number of hydrogen-bond donors (Lipinski definition) is 1. The van der Waals surface area contributed by atoms with Crippen molar-refractivity contribution in [3.63, 3.8) is 0 Å². The molecule has 0 rings (SSSR count). The van der Waals surface area contributed by atoms with Crippen LogP contribution < -0.4 is 0 Å². The molecule has 46 valence electrons. The number of Topliss-reactive ketones (excluding diaryl/α,β-unsaturated/α-hetero) is 1. The van der Waals surface area contributed by atoms with Gasteiger partial charge in [-0.05, 0) is 10.8 Å². The van der Waals surface area contributed by atoms with Crippen molar-refractivity contribution in [2.24, 2.45) is 0 Å². The van der Waals surface area contributed by atoms with Crippen molar-refractivity contribution in [1.29, 1.82) is 0 Å². The summed E-state index contributed by atoms with van der Waals surface area (Å²) in [6.45, 7) is 1.64. The van der Waals surface area contributed by atoms with Gasteiger partial charge in [-0.15, -0.1) is 11.7 Å². The Morgan fingerprint density at radius 2 is 2.12 bits per heavy atom. The van der Waals surface area contributed by atoms with Gasteiger partial charge in [0.25, 0.3) is 5.12 Å². The highest BCUT2D eigenvalue weighted by molar-refractivity contribution is 8.75. The molecule has 0 unspecified atom stereocenters. The molecule has 0 saturated heterocycles. The number of carbonyl (C=O) groups excluding carboxylic acids is 2. The zero-order valence-electron chi connectivity index (χ0n) is 4.38. The molecule has 0 atom stereocenters. The molecule has 0 aliphatic heterocycles. The van der Waals surface area contributed by atoms with E-state index in [0.29, 0.717) is 10.8 Å². The van der Waals surface area contributed by atoms with E-state index < -0.39 is 5.12 Å². The fourth-order valence-corrected chi connectivity index (χ4v) is 0.747. The number of thiol groups is 1. The number of ketones is 1. The molecule has 0 spiro atoms. The van der Waals surface area contributed by atoms with Crippen molar-refractivity contribution >= 4 is 33.4 Å². The maximum absolute atomic E-state index is 10.3. The van der Waals surface area contributed by atoms with Gasteiger partial charge in [0.15, 0.2) is 0 Å². The molecule has 4 heteroatoms. The molecular formula is C4H6O2S2. The van der Waals surface area contributed by atoms with Crippen LogP contribution in [-0.2, 0) is 9.59 Å². The summed E-state index contributed by atoms with van der Waals surface area (Å²) in [6.07, 6.45) is 0.270. The Morgan fingerprint density at radius 1 is 1.62 bits per heavy atom. The molecule has 0 aliphatic carbocycles. The summed E-state index contributed by atoms with van der Waals surface area (Å²) >= 11 is 3.56. The second-order valence-corrected chi connectivity index (χ2v) is 2.26. The number of hydrogen-bond acceptors (Lipinski definition) is 4. The molecule has 0 N–H and O–H groups in total. The lowest BCUT2D eigenvalue weighted by Gasteiger charge is -1.85. The van der Waals surface area contributed by atoms with Gasteiger partial charge in [-0.1, -0.05) is 6.92 Å². The van der Waals surface area contributed by atoms with Crippen LogP contribution in [0, 0.1) is 0 Å². The van der Waals surface area contributed by atoms with Crippen LogP contribution in [0.5, 0.6) is 0 Å². The molecule has 0 amide bonds. The molecule has 0 aromatic heterocycles. The first kappa shape index (κ1) is 8.04. The molecule has 0 bridgehead atoms. The Balaban J connectivity index is 3.64. The predicted octanol–water partition coefficient (Wildman–Crippen LogP) is 1.07. The maximum Gasteiger partial charge on any atom is 0.265 e. The zero-order chi connectivity index (χ0) is 6.57. The summed E-state index contributed by atoms with van der Waals surface area (Å²) in [4.78, 5) is 20.6. The highest BCUT2D eigenvalue weighted by Crippen LogP contribution is 2.07. The van der Waals surface area contributed by atoms with Gasteiger partial charge in [-0.25, -0.2) is 0 Å². The van der Waals surface area contributed by atoms with Gasteiger partial charge in [-0.2, -0.15) is 0 Å². The standard InChI is InChI=1S/C4H6O2S2/c1-2-3(5)4(6)8-7/h7H,2H2,1H3. The largest absolute Gasteiger partial charge is 0.290 e. The molecule has 0 aliphatic rings. The van der Waals surface area contributed by atoms with E-state index in [4.69, 9.17) is 0 Å². The third kappa shape index (κ3) is 2.37. The van der Waals surface area contributed by atoms with E-state index in [0.717, 1.165) is 0 Å². The molecule has 0 saturated carbocycles. The topological polar surface area (TPSA) is 34.1 Å². The molecule has 0 fully saturated rings. The zero-order valence-corrected chi connectivity index (χ0v) is 6.09. The summed E-state index contributed by atoms with van der Waals surface area (Å²) in [5.74, 6) is -0.370. The molecule has 0 radical (unpaired) electrons. The second-order valence-electron chi connectivity index (χ2n) is 1.16. The molecule has 0 aromatic rings. The van der Waals surface area contributed by atoms with Crippen LogP contribution in [0.3, 0.4) is 0 Å². The van der Waals surface area contributed by atoms with Crippen molar-refractivity contribution in [1.82, 2.24) is 0 Å². The first-order valence-corrected chi connectivity index (χ1v) is 3.97. The smallest absolute Gasteiger partial charge is 0.265 e. The molecule has 0 heterocycles. The Kier molecular flexibility index (Phi) is 3.99. The van der Waals surface area contributed by atoms with Crippen LogP contribution in [0.15, 0.2) is 0 Å². The van der Waals surface area contributed by atoms with Crippen LogP contribution >= 0.6 is 22.5 Å². The average molecular weight is 150 g/mol. The van der Waals surface area contributed by atoms with Gasteiger partial charge in [0.05, 0.1) is 0 Å². The third-order valence-electron chi connectivity index (χ3n) is 0.632. The highest BCUT2D eigenvalue weighted by atomic mass is 33.1. The summed E-state index contributed by atoms with van der Waals surface area (Å²) in [5.41, 5.74) is 0. The molecular weight excluding hydrogens is 144 g/mol. The fraction of sp³-hybridized carbons (Fsp3) is 0.500. The second kappa shape index (κ2) is 3.97. The van der Waals surface area contributed by atoms with Crippen LogP contribution in [-0.4, -0.2) is 10.9 Å². The molecule has 8 heavy (non-hydrogen) atoms. The lowest BCUT2D eigenvalue weighted by Crippen LogP contribution is -2.05. The maximum atomic E-state index is 10.3. The van der Waals surface area contributed by atoms with Gasteiger partial charge in [-0.3, -0.25) is 9.59 Å². The normalized spacial score (nSPS) is 8.75. The van der Waals surface area contributed by atoms with E-state index in [1.165, 1.54) is 0 Å². The third-order valence-corrected chi connectivity index (χ3v) is 1.52. The summed E-state index contributed by atoms with van der Waals surface area (Å²) in [5, 5.41) is -0.476. The van der Waals surface area contributed by atoms with Crippen molar-refractivity contribution in [2.45, 2.75) is 13.3 Å². The number of carbonyl (C=O) groups is 2. The van der Waals surface area contributed by atoms with Crippen molar-refractivity contribution in [3.8, 4) is 0 Å². The van der Waals surface area contributed by atoms with E-state index in [-0.39, 0.29) is 12.2 Å². The Bertz CT molecular complexity index is 96.6. The van der Waals surface area contributed by atoms with Crippen molar-refractivity contribution in [3.05, 3.63) is 0 Å².